The summed E-state index contributed by atoms with van der Waals surface area (Å²) in [5, 5.41) is 13.8. The summed E-state index contributed by atoms with van der Waals surface area (Å²) in [5.74, 6) is 0.298. The Bertz CT molecular complexity index is 721. The zero-order valence-electron chi connectivity index (χ0n) is 12.5. The Hall–Kier alpha value is -2.55. The van der Waals surface area contributed by atoms with Gasteiger partial charge in [-0.25, -0.2) is 0 Å². The molecule has 2 aliphatic rings. The number of carbonyl (C=O) groups is 1. The Morgan fingerprint density at radius 2 is 2.36 bits per heavy atom. The molecule has 0 saturated heterocycles. The van der Waals surface area contributed by atoms with E-state index < -0.39 is 5.92 Å². The minimum absolute atomic E-state index is 0.0368. The van der Waals surface area contributed by atoms with Crippen LogP contribution in [0.1, 0.15) is 44.1 Å². The van der Waals surface area contributed by atoms with Gasteiger partial charge in [-0.3, -0.25) is 9.48 Å². The van der Waals surface area contributed by atoms with Gasteiger partial charge in [-0.05, 0) is 12.8 Å². The van der Waals surface area contributed by atoms with E-state index in [1.165, 1.54) is 0 Å². The van der Waals surface area contributed by atoms with E-state index in [4.69, 9.17) is 10.5 Å². The lowest BCUT2D eigenvalue weighted by Gasteiger charge is -2.30. The lowest BCUT2D eigenvalue weighted by molar-refractivity contribution is -0.116. The van der Waals surface area contributed by atoms with Crippen LogP contribution in [0.25, 0.3) is 0 Å². The first-order chi connectivity index (χ1) is 10.7. The summed E-state index contributed by atoms with van der Waals surface area (Å²) in [6.07, 6.45) is 6.49. The molecule has 0 aromatic carbocycles. The molecule has 1 aliphatic heterocycles. The molecule has 6 heteroatoms. The molecule has 2 N–H and O–H groups in total. The van der Waals surface area contributed by atoms with Crippen molar-refractivity contribution in [2.45, 2.75) is 45.1 Å². The van der Waals surface area contributed by atoms with Gasteiger partial charge in [0.05, 0.1) is 12.1 Å². The molecule has 0 fully saturated rings. The Morgan fingerprint density at radius 1 is 1.55 bits per heavy atom. The van der Waals surface area contributed by atoms with Gasteiger partial charge in [0.15, 0.2) is 5.78 Å². The van der Waals surface area contributed by atoms with E-state index in [-0.39, 0.29) is 11.7 Å². The highest BCUT2D eigenvalue weighted by Gasteiger charge is 2.38. The summed E-state index contributed by atoms with van der Waals surface area (Å²) in [5.41, 5.74) is 7.59. The minimum atomic E-state index is -0.452. The van der Waals surface area contributed by atoms with Crippen LogP contribution < -0.4 is 5.73 Å². The average molecular weight is 298 g/mol. The lowest BCUT2D eigenvalue weighted by Crippen LogP contribution is -2.27. The van der Waals surface area contributed by atoms with Crippen LogP contribution in [-0.2, 0) is 16.1 Å². The van der Waals surface area contributed by atoms with Gasteiger partial charge < -0.3 is 10.5 Å². The number of rotatable bonds is 3. The highest BCUT2D eigenvalue weighted by molar-refractivity contribution is 5.99. The molecule has 3 rings (SSSR count). The summed E-state index contributed by atoms with van der Waals surface area (Å²) < 4.78 is 7.36. The summed E-state index contributed by atoms with van der Waals surface area (Å²) in [6, 6.07) is 2.10. The maximum absolute atomic E-state index is 12.4. The first-order valence-electron chi connectivity index (χ1n) is 7.51. The van der Waals surface area contributed by atoms with E-state index in [0.29, 0.717) is 29.7 Å². The molecule has 0 unspecified atom stereocenters. The van der Waals surface area contributed by atoms with Crippen LogP contribution in [0.4, 0.5) is 0 Å². The van der Waals surface area contributed by atoms with Crippen LogP contribution in [-0.4, -0.2) is 15.6 Å². The van der Waals surface area contributed by atoms with Gasteiger partial charge in [0.1, 0.15) is 17.4 Å². The highest BCUT2D eigenvalue weighted by atomic mass is 16.5. The fraction of sp³-hybridized carbons (Fsp3) is 0.438. The van der Waals surface area contributed by atoms with E-state index >= 15 is 0 Å². The molecule has 0 saturated carbocycles. The molecule has 2 heterocycles. The molecule has 0 amide bonds. The number of Topliss-reactive ketones (excluding diaryl/α,β-unsaturated/α-hetero) is 1. The number of ether oxygens (including phenoxy) is 1. The largest absolute Gasteiger partial charge is 0.444 e. The van der Waals surface area contributed by atoms with Crippen LogP contribution in [0.3, 0.4) is 0 Å². The number of aromatic nitrogens is 2. The second kappa shape index (κ2) is 5.68. The van der Waals surface area contributed by atoms with Crippen molar-refractivity contribution in [2.24, 2.45) is 5.73 Å². The molecule has 114 valence electrons. The lowest BCUT2D eigenvalue weighted by atomic mass is 9.78. The van der Waals surface area contributed by atoms with Crippen LogP contribution in [0.2, 0.25) is 0 Å². The summed E-state index contributed by atoms with van der Waals surface area (Å²) in [4.78, 5) is 12.4. The van der Waals surface area contributed by atoms with E-state index in [1.54, 1.807) is 6.20 Å². The second-order valence-corrected chi connectivity index (χ2v) is 5.58. The maximum Gasteiger partial charge on any atom is 0.205 e. The zero-order chi connectivity index (χ0) is 15.7. The number of hydrogen-bond acceptors (Lipinski definition) is 5. The third kappa shape index (κ3) is 2.29. The van der Waals surface area contributed by atoms with Gasteiger partial charge in [0.25, 0.3) is 0 Å². The van der Waals surface area contributed by atoms with Crippen molar-refractivity contribution in [2.75, 3.05) is 0 Å². The third-order valence-electron chi connectivity index (χ3n) is 4.04. The number of nitrogens with two attached hydrogens (primary N) is 1. The predicted octanol–water partition coefficient (Wildman–Crippen LogP) is 2.11. The highest BCUT2D eigenvalue weighted by Crippen LogP contribution is 2.43. The number of nitriles is 1. The first kappa shape index (κ1) is 14.4. The number of ketones is 1. The fourth-order valence-electron chi connectivity index (χ4n) is 3.07. The fourth-order valence-corrected chi connectivity index (χ4v) is 3.07. The molecular weight excluding hydrogens is 280 g/mol. The average Bonchev–Trinajstić information content (AvgIpc) is 2.95. The van der Waals surface area contributed by atoms with Gasteiger partial charge in [-0.1, -0.05) is 6.92 Å². The number of allylic oxidation sites excluding steroid dienone is 3. The van der Waals surface area contributed by atoms with E-state index in [1.807, 2.05) is 10.9 Å². The zero-order valence-corrected chi connectivity index (χ0v) is 12.5. The molecule has 1 aromatic rings. The molecule has 1 aromatic heterocycles. The van der Waals surface area contributed by atoms with E-state index in [0.717, 1.165) is 24.9 Å². The van der Waals surface area contributed by atoms with Gasteiger partial charge >= 0.3 is 0 Å². The standard InChI is InChI=1S/C16H18N4O2/c1-2-6-20-9-10(8-19-20)14-11(7-17)16(18)22-13-5-3-4-12(21)15(13)14/h8-9,14H,2-6,18H2,1H3/t14-/m1/s1. The molecule has 22 heavy (non-hydrogen) atoms. The minimum Gasteiger partial charge on any atom is -0.444 e. The van der Waals surface area contributed by atoms with Crippen LogP contribution in [0, 0.1) is 11.3 Å². The predicted molar refractivity (Wildman–Crippen MR) is 79.1 cm³/mol. The SMILES string of the molecule is CCCn1cc([C@@H]2C(C#N)=C(N)OC3=C2C(=O)CCC3)cn1. The number of carbonyl (C=O) groups excluding carboxylic acids is 1. The van der Waals surface area contributed by atoms with Crippen LogP contribution >= 0.6 is 0 Å². The van der Waals surface area contributed by atoms with Crippen molar-refractivity contribution in [3.05, 3.63) is 40.7 Å². The Kier molecular flexibility index (Phi) is 3.72. The summed E-state index contributed by atoms with van der Waals surface area (Å²) in [7, 11) is 0. The monoisotopic (exact) mass is 298 g/mol. The van der Waals surface area contributed by atoms with Crippen molar-refractivity contribution >= 4 is 5.78 Å². The van der Waals surface area contributed by atoms with Gasteiger partial charge in [0, 0.05) is 36.7 Å². The normalized spacial score (nSPS) is 21.5. The Morgan fingerprint density at radius 3 is 3.09 bits per heavy atom. The van der Waals surface area contributed by atoms with Crippen molar-refractivity contribution in [3.8, 4) is 6.07 Å². The van der Waals surface area contributed by atoms with Gasteiger partial charge in [-0.15, -0.1) is 0 Å². The summed E-state index contributed by atoms with van der Waals surface area (Å²) >= 11 is 0. The van der Waals surface area contributed by atoms with Crippen molar-refractivity contribution in [3.63, 3.8) is 0 Å². The van der Waals surface area contributed by atoms with Crippen molar-refractivity contribution in [1.29, 1.82) is 5.26 Å². The maximum atomic E-state index is 12.4. The molecule has 0 radical (unpaired) electrons. The second-order valence-electron chi connectivity index (χ2n) is 5.58. The molecule has 6 nitrogen and oxygen atoms in total. The summed E-state index contributed by atoms with van der Waals surface area (Å²) in [6.45, 7) is 2.86. The Balaban J connectivity index is 2.09. The third-order valence-corrected chi connectivity index (χ3v) is 4.04. The van der Waals surface area contributed by atoms with Crippen LogP contribution in [0.5, 0.6) is 0 Å². The molecule has 1 aliphatic carbocycles. The van der Waals surface area contributed by atoms with Crippen molar-refractivity contribution in [1.82, 2.24) is 9.78 Å². The van der Waals surface area contributed by atoms with Gasteiger partial charge in [0.2, 0.25) is 5.88 Å². The first-order valence-corrected chi connectivity index (χ1v) is 7.51. The van der Waals surface area contributed by atoms with E-state index in [9.17, 15) is 10.1 Å². The number of hydrogen-bond donors (Lipinski definition) is 1. The molecule has 1 atom stereocenters. The van der Waals surface area contributed by atoms with Crippen molar-refractivity contribution < 1.29 is 9.53 Å². The Labute approximate surface area is 128 Å². The van der Waals surface area contributed by atoms with Gasteiger partial charge in [-0.2, -0.15) is 10.4 Å². The van der Waals surface area contributed by atoms with Crippen LogP contribution in [0.15, 0.2) is 35.2 Å². The number of aryl methyl sites for hydroxylation is 1. The number of nitrogens with zero attached hydrogens (tertiary/aromatic N) is 3. The smallest absolute Gasteiger partial charge is 0.205 e. The quantitative estimate of drug-likeness (QED) is 0.922. The molecular formula is C16H18N4O2. The molecule has 0 spiro atoms. The van der Waals surface area contributed by atoms with E-state index in [2.05, 4.69) is 18.1 Å². The topological polar surface area (TPSA) is 93.9 Å². The molecule has 0 bridgehead atoms.